The molecule has 2 aromatic rings. The van der Waals surface area contributed by atoms with Gasteiger partial charge >= 0.3 is 5.97 Å². The van der Waals surface area contributed by atoms with Gasteiger partial charge in [0.05, 0.1) is 11.9 Å². The molecule has 1 N–H and O–H groups in total. The molecule has 84 valence electrons. The quantitative estimate of drug-likeness (QED) is 0.894. The SMILES string of the molecule is CC(CC(=O)O)c1cccc2c(Cl)ncn12. The first-order valence-electron chi connectivity index (χ1n) is 4.93. The molecule has 0 spiro atoms. The number of imidazole rings is 1. The lowest BCUT2D eigenvalue weighted by Gasteiger charge is -2.11. The van der Waals surface area contributed by atoms with Crippen LogP contribution in [0.2, 0.25) is 5.15 Å². The van der Waals surface area contributed by atoms with E-state index in [-0.39, 0.29) is 12.3 Å². The summed E-state index contributed by atoms with van der Waals surface area (Å²) in [6.07, 6.45) is 1.71. The van der Waals surface area contributed by atoms with E-state index in [1.54, 1.807) is 6.33 Å². The van der Waals surface area contributed by atoms with E-state index >= 15 is 0 Å². The van der Waals surface area contributed by atoms with Crippen LogP contribution in [0.4, 0.5) is 0 Å². The lowest BCUT2D eigenvalue weighted by Crippen LogP contribution is -2.06. The van der Waals surface area contributed by atoms with Crippen molar-refractivity contribution in [1.29, 1.82) is 0 Å². The van der Waals surface area contributed by atoms with Crippen LogP contribution in [-0.4, -0.2) is 20.5 Å². The van der Waals surface area contributed by atoms with Crippen LogP contribution < -0.4 is 0 Å². The molecule has 16 heavy (non-hydrogen) atoms. The number of nitrogens with zero attached hydrogens (tertiary/aromatic N) is 2. The summed E-state index contributed by atoms with van der Waals surface area (Å²) < 4.78 is 1.83. The maximum absolute atomic E-state index is 10.7. The van der Waals surface area contributed by atoms with Gasteiger partial charge in [0.2, 0.25) is 0 Å². The van der Waals surface area contributed by atoms with Crippen molar-refractivity contribution in [2.24, 2.45) is 0 Å². The molecule has 0 radical (unpaired) electrons. The summed E-state index contributed by atoms with van der Waals surface area (Å²) >= 11 is 5.91. The molecule has 2 rings (SSSR count). The Balaban J connectivity index is 2.48. The van der Waals surface area contributed by atoms with E-state index in [9.17, 15) is 4.79 Å². The average molecular weight is 239 g/mol. The van der Waals surface area contributed by atoms with Crippen LogP contribution in [0, 0.1) is 0 Å². The number of aliphatic carboxylic acids is 1. The van der Waals surface area contributed by atoms with Crippen molar-refractivity contribution < 1.29 is 9.90 Å². The Hall–Kier alpha value is -1.55. The molecule has 2 aromatic heterocycles. The number of carbonyl (C=O) groups is 1. The molecule has 0 fully saturated rings. The number of fused-ring (bicyclic) bond motifs is 1. The number of halogens is 1. The van der Waals surface area contributed by atoms with E-state index < -0.39 is 5.97 Å². The minimum atomic E-state index is -0.810. The second-order valence-corrected chi connectivity index (χ2v) is 4.10. The number of pyridine rings is 1. The number of aromatic nitrogens is 2. The highest BCUT2D eigenvalue weighted by molar-refractivity contribution is 6.32. The summed E-state index contributed by atoms with van der Waals surface area (Å²) in [5, 5.41) is 9.21. The number of carboxylic acid groups (broad SMARTS) is 1. The first-order valence-corrected chi connectivity index (χ1v) is 5.30. The molecular formula is C11H11ClN2O2. The highest BCUT2D eigenvalue weighted by Gasteiger charge is 2.14. The zero-order chi connectivity index (χ0) is 11.7. The highest BCUT2D eigenvalue weighted by Crippen LogP contribution is 2.23. The van der Waals surface area contributed by atoms with Crippen LogP contribution in [0.25, 0.3) is 5.52 Å². The molecule has 1 unspecified atom stereocenters. The smallest absolute Gasteiger partial charge is 0.304 e. The van der Waals surface area contributed by atoms with Gasteiger partial charge in [0.25, 0.3) is 0 Å². The minimum absolute atomic E-state index is 0.0773. The fourth-order valence-electron chi connectivity index (χ4n) is 1.78. The van der Waals surface area contributed by atoms with E-state index in [1.807, 2.05) is 29.5 Å². The Morgan fingerprint density at radius 2 is 2.38 bits per heavy atom. The molecule has 0 aliphatic carbocycles. The number of carboxylic acids is 1. The third kappa shape index (κ3) is 1.88. The molecule has 0 saturated heterocycles. The Morgan fingerprint density at radius 1 is 1.62 bits per heavy atom. The number of hydrogen-bond donors (Lipinski definition) is 1. The monoisotopic (exact) mass is 238 g/mol. The van der Waals surface area contributed by atoms with Crippen molar-refractivity contribution in [2.75, 3.05) is 0 Å². The second kappa shape index (κ2) is 4.14. The van der Waals surface area contributed by atoms with Gasteiger partial charge in [0.1, 0.15) is 6.33 Å². The Kier molecular flexibility index (Phi) is 2.83. The lowest BCUT2D eigenvalue weighted by molar-refractivity contribution is -0.137. The summed E-state index contributed by atoms with van der Waals surface area (Å²) in [6, 6.07) is 5.60. The normalized spacial score (nSPS) is 12.9. The molecule has 0 aliphatic heterocycles. The van der Waals surface area contributed by atoms with Gasteiger partial charge in [-0.1, -0.05) is 24.6 Å². The molecule has 0 aromatic carbocycles. The van der Waals surface area contributed by atoms with Gasteiger partial charge in [0.15, 0.2) is 5.15 Å². The van der Waals surface area contributed by atoms with E-state index in [1.165, 1.54) is 0 Å². The fourth-order valence-corrected chi connectivity index (χ4v) is 1.98. The molecule has 1 atom stereocenters. The number of hydrogen-bond acceptors (Lipinski definition) is 2. The Morgan fingerprint density at radius 3 is 3.06 bits per heavy atom. The predicted molar refractivity (Wildman–Crippen MR) is 60.9 cm³/mol. The van der Waals surface area contributed by atoms with Gasteiger partial charge in [-0.2, -0.15) is 0 Å². The zero-order valence-electron chi connectivity index (χ0n) is 8.72. The molecule has 0 amide bonds. The van der Waals surface area contributed by atoms with Gasteiger partial charge in [-0.25, -0.2) is 4.98 Å². The fraction of sp³-hybridized carbons (Fsp3) is 0.273. The van der Waals surface area contributed by atoms with Gasteiger partial charge < -0.3 is 9.51 Å². The van der Waals surface area contributed by atoms with Crippen LogP contribution in [-0.2, 0) is 4.79 Å². The van der Waals surface area contributed by atoms with Crippen LogP contribution in [0.15, 0.2) is 24.5 Å². The summed E-state index contributed by atoms with van der Waals surface area (Å²) in [4.78, 5) is 14.7. The molecule has 2 heterocycles. The van der Waals surface area contributed by atoms with Crippen LogP contribution >= 0.6 is 11.6 Å². The summed E-state index contributed by atoms with van der Waals surface area (Å²) in [5.74, 6) is -0.887. The van der Waals surface area contributed by atoms with Crippen LogP contribution in [0.5, 0.6) is 0 Å². The summed E-state index contributed by atoms with van der Waals surface area (Å²) in [6.45, 7) is 1.87. The van der Waals surface area contributed by atoms with Gasteiger partial charge in [0, 0.05) is 11.6 Å². The molecule has 0 bridgehead atoms. The number of rotatable bonds is 3. The zero-order valence-corrected chi connectivity index (χ0v) is 9.48. The van der Waals surface area contributed by atoms with Crippen molar-refractivity contribution in [3.8, 4) is 0 Å². The first kappa shape index (κ1) is 11.0. The van der Waals surface area contributed by atoms with Crippen molar-refractivity contribution in [1.82, 2.24) is 9.38 Å². The third-order valence-corrected chi connectivity index (χ3v) is 2.83. The van der Waals surface area contributed by atoms with Crippen molar-refractivity contribution >= 4 is 23.1 Å². The molecule has 4 nitrogen and oxygen atoms in total. The van der Waals surface area contributed by atoms with E-state index in [0.29, 0.717) is 5.15 Å². The van der Waals surface area contributed by atoms with E-state index in [2.05, 4.69) is 4.98 Å². The van der Waals surface area contributed by atoms with Gasteiger partial charge in [-0.05, 0) is 12.1 Å². The minimum Gasteiger partial charge on any atom is -0.481 e. The Labute approximate surface area is 97.5 Å². The summed E-state index contributed by atoms with van der Waals surface area (Å²) in [5.41, 5.74) is 1.70. The van der Waals surface area contributed by atoms with E-state index in [4.69, 9.17) is 16.7 Å². The lowest BCUT2D eigenvalue weighted by atomic mass is 10.0. The Bertz CT molecular complexity index is 536. The van der Waals surface area contributed by atoms with Crippen molar-refractivity contribution in [3.05, 3.63) is 35.4 Å². The van der Waals surface area contributed by atoms with Crippen molar-refractivity contribution in [2.45, 2.75) is 19.3 Å². The largest absolute Gasteiger partial charge is 0.481 e. The molecule has 0 aliphatic rings. The molecule has 0 saturated carbocycles. The topological polar surface area (TPSA) is 54.6 Å². The average Bonchev–Trinajstić information content (AvgIpc) is 2.59. The first-order chi connectivity index (χ1) is 7.59. The molecular weight excluding hydrogens is 228 g/mol. The maximum atomic E-state index is 10.7. The highest BCUT2D eigenvalue weighted by atomic mass is 35.5. The van der Waals surface area contributed by atoms with Crippen LogP contribution in [0.3, 0.4) is 0 Å². The third-order valence-electron chi connectivity index (χ3n) is 2.54. The maximum Gasteiger partial charge on any atom is 0.304 e. The van der Waals surface area contributed by atoms with Gasteiger partial charge in [-0.15, -0.1) is 0 Å². The molecule has 5 heteroatoms. The predicted octanol–water partition coefficient (Wildman–Crippen LogP) is 2.57. The second-order valence-electron chi connectivity index (χ2n) is 3.74. The van der Waals surface area contributed by atoms with Gasteiger partial charge in [-0.3, -0.25) is 4.79 Å². The van der Waals surface area contributed by atoms with Crippen molar-refractivity contribution in [3.63, 3.8) is 0 Å². The van der Waals surface area contributed by atoms with E-state index in [0.717, 1.165) is 11.2 Å². The standard InChI is InChI=1S/C11H11ClN2O2/c1-7(5-10(15)16)8-3-2-4-9-11(12)13-6-14(8)9/h2-4,6-7H,5H2,1H3,(H,15,16). The van der Waals surface area contributed by atoms with Crippen LogP contribution in [0.1, 0.15) is 25.0 Å². The summed E-state index contributed by atoms with van der Waals surface area (Å²) in [7, 11) is 0.